The van der Waals surface area contributed by atoms with Crippen molar-refractivity contribution in [3.8, 4) is 0 Å². The average Bonchev–Trinajstić information content (AvgIpc) is 1.69. The molecule has 0 aromatic carbocycles. The van der Waals surface area contributed by atoms with Crippen LogP contribution in [0.4, 0.5) is 0 Å². The van der Waals surface area contributed by atoms with Crippen LogP contribution >= 0.6 is 21.0 Å². The molecule has 0 spiro atoms. The van der Waals surface area contributed by atoms with Crippen LogP contribution < -0.4 is 5.43 Å². The van der Waals surface area contributed by atoms with Gasteiger partial charge in [0.15, 0.2) is 0 Å². The summed E-state index contributed by atoms with van der Waals surface area (Å²) < 4.78 is 6.03. The molecule has 0 aliphatic carbocycles. The van der Waals surface area contributed by atoms with Gasteiger partial charge < -0.3 is 0 Å². The molecule has 0 bridgehead atoms. The van der Waals surface area contributed by atoms with Crippen LogP contribution in [0.2, 0.25) is 0 Å². The fraction of sp³-hybridized carbons (Fsp3) is 0.500. The van der Waals surface area contributed by atoms with Gasteiger partial charge in [-0.1, -0.05) is 6.08 Å². The summed E-state index contributed by atoms with van der Waals surface area (Å²) in [6, 6.07) is 0. The predicted molar refractivity (Wildman–Crippen MR) is 40.3 cm³/mol. The van der Waals surface area contributed by atoms with Crippen molar-refractivity contribution in [1.29, 1.82) is 0 Å². The lowest BCUT2D eigenvalue weighted by molar-refractivity contribution is 0.935. The van der Waals surface area contributed by atoms with Crippen LogP contribution in [-0.2, 0) is 0 Å². The lowest BCUT2D eigenvalue weighted by Crippen LogP contribution is -1.86. The van der Waals surface area contributed by atoms with Gasteiger partial charge in [-0.15, -0.1) is 0 Å². The molecule has 0 heterocycles. The van der Waals surface area contributed by atoms with E-state index in [-0.39, 0.29) is 21.0 Å². The minimum absolute atomic E-state index is 0.0419. The summed E-state index contributed by atoms with van der Waals surface area (Å²) in [5.41, 5.74) is 2.73. The largest absolute Gasteiger partial charge is 0.212 e. The van der Waals surface area contributed by atoms with Crippen molar-refractivity contribution in [2.45, 2.75) is 6.92 Å². The van der Waals surface area contributed by atoms with Gasteiger partial charge in [-0.3, -0.25) is 0 Å². The molecule has 2 nitrogen and oxygen atoms in total. The molecule has 0 radical (unpaired) electrons. The molecule has 0 rings (SSSR count). The van der Waals surface area contributed by atoms with E-state index >= 15 is 0 Å². The monoisotopic (exact) mass is 212 g/mol. The Kier molecular flexibility index (Phi) is 6.43. The van der Waals surface area contributed by atoms with E-state index in [1.165, 1.54) is 0 Å². The normalized spacial score (nSPS) is 12.9. The number of halogens is 1. The lowest BCUT2D eigenvalue weighted by Gasteiger charge is -1.74. The third-order valence-electron chi connectivity index (χ3n) is 0.316. The van der Waals surface area contributed by atoms with Crippen molar-refractivity contribution in [3.63, 3.8) is 0 Å². The molecular formula is C4H9IN2. The maximum absolute atomic E-state index is 3.93. The molecule has 7 heavy (non-hydrogen) atoms. The Balaban J connectivity index is 3.09. The van der Waals surface area contributed by atoms with Crippen LogP contribution in [0.15, 0.2) is 13.4 Å². The molecule has 0 saturated heterocycles. The summed E-state index contributed by atoms with van der Waals surface area (Å²) in [4.78, 5) is 0. The Bertz CT molecular complexity index is 77.8. The van der Waals surface area contributed by atoms with Crippen LogP contribution in [0, 0.1) is 0 Å². The van der Waals surface area contributed by atoms with Gasteiger partial charge in [-0.05, 0) is 11.0 Å². The molecule has 0 fully saturated rings. The van der Waals surface area contributed by atoms with Gasteiger partial charge >= 0.3 is 0 Å². The van der Waals surface area contributed by atoms with E-state index in [9.17, 15) is 0 Å². The lowest BCUT2D eigenvalue weighted by atomic mass is 10.8. The molecule has 0 aliphatic heterocycles. The minimum Gasteiger partial charge on any atom is -0.212 e. The standard InChI is InChI=1S/C4H9IN2/c1-3-4-5-7-6-2/h3-4,6H,1-2H3/b4-3-. The summed E-state index contributed by atoms with van der Waals surface area (Å²) in [6.07, 6.45) is 2.02. The van der Waals surface area contributed by atoms with Gasteiger partial charge in [0, 0.05) is 28.1 Å². The maximum atomic E-state index is 3.93. The first-order chi connectivity index (χ1) is 3.41. The van der Waals surface area contributed by atoms with Crippen LogP contribution in [0.3, 0.4) is 0 Å². The topological polar surface area (TPSA) is 24.4 Å². The van der Waals surface area contributed by atoms with Crippen LogP contribution in [0.25, 0.3) is 0 Å². The Hall–Kier alpha value is 0.230. The first-order valence-electron chi connectivity index (χ1n) is 2.02. The first kappa shape index (κ1) is 7.23. The second-order valence-electron chi connectivity index (χ2n) is 0.865. The number of allylic oxidation sites excluding steroid dienone is 1. The molecule has 0 aromatic rings. The molecular weight excluding hydrogens is 203 g/mol. The Morgan fingerprint density at radius 2 is 2.43 bits per heavy atom. The summed E-state index contributed by atoms with van der Waals surface area (Å²) in [5.74, 6) is 0. The van der Waals surface area contributed by atoms with Crippen molar-refractivity contribution >= 4 is 21.0 Å². The van der Waals surface area contributed by atoms with Crippen molar-refractivity contribution in [2.24, 2.45) is 3.25 Å². The second-order valence-corrected chi connectivity index (χ2v) is 2.62. The Morgan fingerprint density at radius 3 is 2.86 bits per heavy atom. The van der Waals surface area contributed by atoms with E-state index in [1.54, 1.807) is 0 Å². The molecule has 3 heteroatoms. The van der Waals surface area contributed by atoms with Gasteiger partial charge in [0.25, 0.3) is 0 Å². The van der Waals surface area contributed by atoms with Crippen molar-refractivity contribution in [1.82, 2.24) is 5.43 Å². The first-order valence-corrected chi connectivity index (χ1v) is 4.23. The van der Waals surface area contributed by atoms with Gasteiger partial charge in [-0.2, -0.15) is 3.25 Å². The predicted octanol–water partition coefficient (Wildman–Crippen LogP) is 1.81. The van der Waals surface area contributed by atoms with Crippen molar-refractivity contribution < 1.29 is 0 Å². The van der Waals surface area contributed by atoms with Crippen molar-refractivity contribution in [3.05, 3.63) is 10.2 Å². The van der Waals surface area contributed by atoms with E-state index < -0.39 is 0 Å². The van der Waals surface area contributed by atoms with Crippen LogP contribution in [0.1, 0.15) is 6.92 Å². The molecule has 42 valence electrons. The molecule has 0 atom stereocenters. The minimum atomic E-state index is -0.0419. The SMILES string of the molecule is C/C=C\I=NNC. The smallest absolute Gasteiger partial charge is 0.0396 e. The highest BCUT2D eigenvalue weighted by Gasteiger charge is 1.56. The molecule has 1 N–H and O–H groups in total. The molecule has 0 aliphatic rings. The highest BCUT2D eigenvalue weighted by molar-refractivity contribution is 14.2. The van der Waals surface area contributed by atoms with Crippen LogP contribution in [-0.4, -0.2) is 7.05 Å². The van der Waals surface area contributed by atoms with Crippen molar-refractivity contribution in [2.75, 3.05) is 7.05 Å². The summed E-state index contributed by atoms with van der Waals surface area (Å²) in [6.45, 7) is 2.00. The summed E-state index contributed by atoms with van der Waals surface area (Å²) in [5, 5.41) is 0. The number of nitrogens with one attached hydrogen (secondary N) is 1. The average molecular weight is 212 g/mol. The van der Waals surface area contributed by atoms with E-state index in [2.05, 4.69) is 12.8 Å². The van der Waals surface area contributed by atoms with E-state index in [1.807, 2.05) is 20.0 Å². The third-order valence-corrected chi connectivity index (χ3v) is 2.12. The zero-order valence-corrected chi connectivity index (χ0v) is 6.64. The third kappa shape index (κ3) is 6.23. The highest BCUT2D eigenvalue weighted by atomic mass is 127. The zero-order valence-electron chi connectivity index (χ0n) is 4.48. The van der Waals surface area contributed by atoms with Gasteiger partial charge in [-0.25, -0.2) is 5.43 Å². The molecule has 0 amide bonds. The molecule has 0 saturated carbocycles. The fourth-order valence-electron chi connectivity index (χ4n) is 0.133. The van der Waals surface area contributed by atoms with E-state index in [0.29, 0.717) is 0 Å². The number of nitrogens with zero attached hydrogens (tertiary/aromatic N) is 1. The van der Waals surface area contributed by atoms with Gasteiger partial charge in [0.05, 0.1) is 0 Å². The summed E-state index contributed by atoms with van der Waals surface area (Å²) in [7, 11) is 1.82. The molecule has 0 aromatic heterocycles. The number of hydrogen-bond donors (Lipinski definition) is 1. The fourth-order valence-corrected chi connectivity index (χ4v) is 0.894. The van der Waals surface area contributed by atoms with Gasteiger partial charge in [0.2, 0.25) is 0 Å². The van der Waals surface area contributed by atoms with E-state index in [4.69, 9.17) is 0 Å². The second kappa shape index (κ2) is 6.23. The zero-order chi connectivity index (χ0) is 5.54. The Morgan fingerprint density at radius 1 is 1.71 bits per heavy atom. The summed E-state index contributed by atoms with van der Waals surface area (Å²) >= 11 is -0.0419. The van der Waals surface area contributed by atoms with Gasteiger partial charge in [0.1, 0.15) is 0 Å². The number of rotatable bonds is 2. The highest BCUT2D eigenvalue weighted by Crippen LogP contribution is 1.97. The Labute approximate surface area is 54.1 Å². The maximum Gasteiger partial charge on any atom is 0.0396 e. The molecule has 0 unspecified atom stereocenters. The quantitative estimate of drug-likeness (QED) is 0.547. The number of hydrogen-bond acceptors (Lipinski definition) is 2. The van der Waals surface area contributed by atoms with Crippen LogP contribution in [0.5, 0.6) is 0 Å². The van der Waals surface area contributed by atoms with E-state index in [0.717, 1.165) is 0 Å².